The van der Waals surface area contributed by atoms with Gasteiger partial charge in [-0.25, -0.2) is 4.79 Å². The monoisotopic (exact) mass is 923 g/mol. The zero-order valence-electron chi connectivity index (χ0n) is 36.9. The van der Waals surface area contributed by atoms with E-state index in [1.165, 1.54) is 0 Å². The zero-order valence-corrected chi connectivity index (χ0v) is 38.4. The molecule has 0 spiro atoms. The van der Waals surface area contributed by atoms with Gasteiger partial charge < -0.3 is 29.0 Å². The van der Waals surface area contributed by atoms with Gasteiger partial charge in [-0.3, -0.25) is 4.79 Å². The summed E-state index contributed by atoms with van der Waals surface area (Å²) < 4.78 is 16.6. The highest BCUT2D eigenvalue weighted by molar-refractivity contribution is 6.31. The Morgan fingerprint density at radius 2 is 0.896 bits per heavy atom. The largest absolute Gasteiger partial charge is 0.488 e. The summed E-state index contributed by atoms with van der Waals surface area (Å²) in [5, 5.41) is 13.4. The number of carbonyl (C=O) groups is 2. The van der Waals surface area contributed by atoms with Crippen LogP contribution in [0.25, 0.3) is 33.9 Å². The lowest BCUT2D eigenvalue weighted by Crippen LogP contribution is -2.22. The third kappa shape index (κ3) is 11.4. The first-order valence-electron chi connectivity index (χ1n) is 21.7. The van der Waals surface area contributed by atoms with Gasteiger partial charge in [0.25, 0.3) is 5.91 Å². The van der Waals surface area contributed by atoms with Crippen LogP contribution >= 0.6 is 23.2 Å². The van der Waals surface area contributed by atoms with Gasteiger partial charge in [0.05, 0.1) is 17.0 Å². The van der Waals surface area contributed by atoms with Crippen LogP contribution in [0.4, 0.5) is 0 Å². The Bertz CT molecular complexity index is 3100. The molecule has 0 aliphatic rings. The number of hydrogen-bond donors (Lipinski definition) is 2. The number of carboxylic acids is 1. The summed E-state index contributed by atoms with van der Waals surface area (Å²) in [7, 11) is 0. The molecule has 0 atom stereocenters. The third-order valence-corrected chi connectivity index (χ3v) is 11.6. The quantitative estimate of drug-likeness (QED) is 0.113. The molecule has 1 amide bonds. The van der Waals surface area contributed by atoms with E-state index in [-0.39, 0.29) is 11.5 Å². The van der Waals surface area contributed by atoms with Crippen LogP contribution in [0.1, 0.15) is 48.8 Å². The van der Waals surface area contributed by atoms with E-state index in [0.717, 1.165) is 73.5 Å². The molecule has 0 fully saturated rings. The van der Waals surface area contributed by atoms with Gasteiger partial charge in [-0.1, -0.05) is 114 Å². The summed E-state index contributed by atoms with van der Waals surface area (Å²) in [6.07, 6.45) is 0. The molecule has 2 aromatic heterocycles. The van der Waals surface area contributed by atoms with Crippen LogP contribution in [0.2, 0.25) is 10.0 Å². The molecule has 2 heterocycles. The third-order valence-electron chi connectivity index (χ3n) is 11.1. The van der Waals surface area contributed by atoms with E-state index in [1.54, 1.807) is 24.3 Å². The minimum Gasteiger partial charge on any atom is -0.488 e. The number of aryl methyl sites for hydroxylation is 2. The fraction of sp³-hybridized carbons (Fsp3) is 0.0877. The summed E-state index contributed by atoms with van der Waals surface area (Å²) in [6, 6.07) is 63.8. The molecule has 10 heteroatoms. The van der Waals surface area contributed by atoms with Gasteiger partial charge in [0, 0.05) is 56.0 Å². The second-order valence-electron chi connectivity index (χ2n) is 15.8. The second kappa shape index (κ2) is 21.5. The SMILES string of the molecule is Cc1ccc(-c2cc(Cl)ccc2OCc2ccccc2)n1-c1ccc(C(=O)NCc2ccccc2)cc1.Cc1ccc(-c2cc(Cl)ccc2OCc2ccccc2)n1-c1ccc(C(=O)O)cc1. The van der Waals surface area contributed by atoms with Crippen molar-refractivity contribution in [1.29, 1.82) is 0 Å². The molecule has 2 N–H and O–H groups in total. The van der Waals surface area contributed by atoms with Crippen molar-refractivity contribution in [1.82, 2.24) is 14.5 Å². The fourth-order valence-electron chi connectivity index (χ4n) is 7.71. The van der Waals surface area contributed by atoms with Crippen LogP contribution in [-0.2, 0) is 19.8 Å². The highest BCUT2D eigenvalue weighted by atomic mass is 35.5. The topological polar surface area (TPSA) is 94.7 Å². The van der Waals surface area contributed by atoms with E-state index in [2.05, 4.69) is 33.5 Å². The number of nitrogens with one attached hydrogen (secondary N) is 1. The summed E-state index contributed by atoms with van der Waals surface area (Å²) in [4.78, 5) is 23.9. The number of hydrogen-bond acceptors (Lipinski definition) is 4. The van der Waals surface area contributed by atoms with Crippen molar-refractivity contribution in [2.45, 2.75) is 33.6 Å². The molecule has 9 aromatic rings. The zero-order chi connectivity index (χ0) is 46.7. The standard InChI is InChI=1S/C32H27ClN2O2.C25H20ClNO3/c1-23-12-18-30(29-20-27(33)15-19-31(29)37-22-25-10-6-3-7-11-25)35(23)28-16-13-26(14-17-28)32(36)34-21-24-8-4-2-5-9-24;1-17-7-13-23(27(17)21-11-8-19(9-12-21)25(28)29)22-15-20(26)10-14-24(22)30-16-18-5-3-2-4-6-18/h2-20H,21-22H2,1H3,(H,34,36);2-15H,16H2,1H3,(H,28,29). The van der Waals surface area contributed by atoms with Crippen molar-refractivity contribution < 1.29 is 24.2 Å². The number of carbonyl (C=O) groups excluding carboxylic acids is 1. The molecule has 0 bridgehead atoms. The molecule has 0 aliphatic carbocycles. The molecule has 0 saturated carbocycles. The summed E-state index contributed by atoms with van der Waals surface area (Å²) in [5.74, 6) is 0.429. The van der Waals surface area contributed by atoms with Crippen LogP contribution in [0.3, 0.4) is 0 Å². The van der Waals surface area contributed by atoms with Crippen LogP contribution in [0.5, 0.6) is 11.5 Å². The predicted molar refractivity (Wildman–Crippen MR) is 268 cm³/mol. The van der Waals surface area contributed by atoms with Crippen LogP contribution in [0, 0.1) is 13.8 Å². The average molecular weight is 925 g/mol. The van der Waals surface area contributed by atoms with E-state index < -0.39 is 5.97 Å². The van der Waals surface area contributed by atoms with Gasteiger partial charge in [-0.2, -0.15) is 0 Å². The van der Waals surface area contributed by atoms with E-state index in [9.17, 15) is 14.7 Å². The summed E-state index contributed by atoms with van der Waals surface area (Å²) in [5.41, 5.74) is 11.6. The number of carboxylic acid groups (broad SMARTS) is 1. The van der Waals surface area contributed by atoms with E-state index in [4.69, 9.17) is 32.7 Å². The van der Waals surface area contributed by atoms with Crippen molar-refractivity contribution in [3.8, 4) is 45.4 Å². The molecular formula is C57H47Cl2N3O5. The fourth-order valence-corrected chi connectivity index (χ4v) is 8.05. The average Bonchev–Trinajstić information content (AvgIpc) is 3.95. The van der Waals surface area contributed by atoms with Crippen molar-refractivity contribution in [2.24, 2.45) is 0 Å². The smallest absolute Gasteiger partial charge is 0.335 e. The maximum Gasteiger partial charge on any atom is 0.335 e. The maximum absolute atomic E-state index is 12.7. The number of rotatable bonds is 14. The van der Waals surface area contributed by atoms with Crippen molar-refractivity contribution in [3.05, 3.63) is 249 Å². The Kier molecular flexibility index (Phi) is 14.7. The maximum atomic E-state index is 12.7. The number of amides is 1. The lowest BCUT2D eigenvalue weighted by atomic mass is 10.1. The van der Waals surface area contributed by atoms with Crippen LogP contribution in [-0.4, -0.2) is 26.1 Å². The molecular weight excluding hydrogens is 878 g/mol. The predicted octanol–water partition coefficient (Wildman–Crippen LogP) is 14.0. The first-order chi connectivity index (χ1) is 32.6. The normalized spacial score (nSPS) is 10.7. The van der Waals surface area contributed by atoms with Gasteiger partial charge in [-0.15, -0.1) is 0 Å². The highest BCUT2D eigenvalue weighted by Gasteiger charge is 2.18. The summed E-state index contributed by atoms with van der Waals surface area (Å²) in [6.45, 7) is 5.45. The van der Waals surface area contributed by atoms with E-state index in [1.807, 2.05) is 171 Å². The highest BCUT2D eigenvalue weighted by Crippen LogP contribution is 2.38. The van der Waals surface area contributed by atoms with Gasteiger partial charge in [0.15, 0.2) is 0 Å². The van der Waals surface area contributed by atoms with Crippen LogP contribution in [0.15, 0.2) is 200 Å². The molecule has 334 valence electrons. The molecule has 0 unspecified atom stereocenters. The number of ether oxygens (including phenoxy) is 2. The van der Waals surface area contributed by atoms with Gasteiger partial charge >= 0.3 is 5.97 Å². The number of benzene rings is 7. The minimum atomic E-state index is -0.947. The Hall–Kier alpha value is -7.78. The minimum absolute atomic E-state index is 0.105. The van der Waals surface area contributed by atoms with Crippen molar-refractivity contribution >= 4 is 35.1 Å². The molecule has 0 radical (unpaired) electrons. The first-order valence-corrected chi connectivity index (χ1v) is 22.4. The second-order valence-corrected chi connectivity index (χ2v) is 16.7. The van der Waals surface area contributed by atoms with Gasteiger partial charge in [0.2, 0.25) is 0 Å². The Labute approximate surface area is 400 Å². The van der Waals surface area contributed by atoms with Gasteiger partial charge in [-0.05, 0) is 140 Å². The molecule has 0 aliphatic heterocycles. The Morgan fingerprint density at radius 1 is 0.493 bits per heavy atom. The lowest BCUT2D eigenvalue weighted by Gasteiger charge is -2.16. The Balaban J connectivity index is 0.000000186. The number of nitrogens with zero attached hydrogens (tertiary/aromatic N) is 2. The van der Waals surface area contributed by atoms with Gasteiger partial charge in [0.1, 0.15) is 24.7 Å². The number of halogens is 2. The van der Waals surface area contributed by atoms with E-state index >= 15 is 0 Å². The lowest BCUT2D eigenvalue weighted by molar-refractivity contribution is 0.0696. The van der Waals surface area contributed by atoms with Crippen molar-refractivity contribution in [3.63, 3.8) is 0 Å². The van der Waals surface area contributed by atoms with E-state index in [0.29, 0.717) is 35.4 Å². The molecule has 8 nitrogen and oxygen atoms in total. The number of aromatic nitrogens is 2. The number of aromatic carboxylic acids is 1. The molecule has 9 rings (SSSR count). The Morgan fingerprint density at radius 3 is 1.31 bits per heavy atom. The summed E-state index contributed by atoms with van der Waals surface area (Å²) >= 11 is 12.7. The van der Waals surface area contributed by atoms with Crippen molar-refractivity contribution in [2.75, 3.05) is 0 Å². The van der Waals surface area contributed by atoms with Crippen LogP contribution < -0.4 is 14.8 Å². The molecule has 67 heavy (non-hydrogen) atoms. The molecule has 7 aromatic carbocycles. The molecule has 0 saturated heterocycles. The first kappa shape index (κ1) is 45.8.